The van der Waals surface area contributed by atoms with Gasteiger partial charge in [-0.3, -0.25) is 14.5 Å². The van der Waals surface area contributed by atoms with E-state index in [1.807, 2.05) is 68.5 Å². The van der Waals surface area contributed by atoms with Gasteiger partial charge in [-0.25, -0.2) is 0 Å². The molecule has 0 bridgehead atoms. The Labute approximate surface area is 210 Å². The van der Waals surface area contributed by atoms with Crippen molar-refractivity contribution in [3.8, 4) is 6.07 Å². The van der Waals surface area contributed by atoms with E-state index >= 15 is 0 Å². The van der Waals surface area contributed by atoms with Crippen LogP contribution in [0.2, 0.25) is 0 Å². The molecule has 35 heavy (non-hydrogen) atoms. The summed E-state index contributed by atoms with van der Waals surface area (Å²) in [5, 5.41) is 10.8. The van der Waals surface area contributed by atoms with Crippen LogP contribution in [0.5, 0.6) is 0 Å². The predicted octanol–water partition coefficient (Wildman–Crippen LogP) is 6.85. The lowest BCUT2D eigenvalue weighted by atomic mass is 9.85. The standard InChI is InChI=1S/C29H27N3O2S/c1-19(2)27-24(28(33)31(20(3)4)29(34)25(27)18-30)17-23-15-16-26(35-23)32(21-11-7-5-8-12-21)22-13-9-6-10-14-22/h5-17,19-20H,1-4H3/b24-17+. The number of hydrogen-bond acceptors (Lipinski definition) is 5. The molecule has 2 heterocycles. The van der Waals surface area contributed by atoms with Crippen molar-refractivity contribution in [2.45, 2.75) is 33.7 Å². The number of anilines is 3. The number of nitriles is 1. The fraction of sp³-hybridized carbons (Fsp3) is 0.207. The molecule has 1 aliphatic heterocycles. The van der Waals surface area contributed by atoms with E-state index in [0.717, 1.165) is 21.3 Å². The van der Waals surface area contributed by atoms with Gasteiger partial charge < -0.3 is 4.90 Å². The van der Waals surface area contributed by atoms with Crippen LogP contribution in [0.25, 0.3) is 6.08 Å². The number of nitrogens with zero attached hydrogens (tertiary/aromatic N) is 3. The van der Waals surface area contributed by atoms with Crippen LogP contribution in [0.3, 0.4) is 0 Å². The molecular formula is C29H27N3O2S. The number of carbonyl (C=O) groups is 2. The number of imide groups is 1. The lowest BCUT2D eigenvalue weighted by Gasteiger charge is -2.32. The molecule has 0 spiro atoms. The molecule has 0 saturated heterocycles. The second-order valence-corrected chi connectivity index (χ2v) is 9.96. The van der Waals surface area contributed by atoms with Crippen LogP contribution in [-0.2, 0) is 9.59 Å². The van der Waals surface area contributed by atoms with Crippen LogP contribution in [0.4, 0.5) is 16.4 Å². The van der Waals surface area contributed by atoms with Gasteiger partial charge in [0.05, 0.1) is 0 Å². The maximum Gasteiger partial charge on any atom is 0.271 e. The molecule has 2 aromatic carbocycles. The summed E-state index contributed by atoms with van der Waals surface area (Å²) in [7, 11) is 0. The second-order valence-electron chi connectivity index (χ2n) is 8.87. The van der Waals surface area contributed by atoms with Crippen LogP contribution in [0.1, 0.15) is 32.6 Å². The zero-order valence-corrected chi connectivity index (χ0v) is 21.0. The molecule has 6 heteroatoms. The van der Waals surface area contributed by atoms with E-state index in [0.29, 0.717) is 11.1 Å². The van der Waals surface area contributed by atoms with Crippen LogP contribution in [0.15, 0.2) is 89.5 Å². The Morgan fingerprint density at radius 1 is 0.857 bits per heavy atom. The van der Waals surface area contributed by atoms with Crippen molar-refractivity contribution in [3.05, 3.63) is 94.4 Å². The van der Waals surface area contributed by atoms with Gasteiger partial charge in [-0.05, 0) is 67.8 Å². The molecule has 0 radical (unpaired) electrons. The van der Waals surface area contributed by atoms with Crippen LogP contribution < -0.4 is 4.90 Å². The highest BCUT2D eigenvalue weighted by Crippen LogP contribution is 2.40. The highest BCUT2D eigenvalue weighted by atomic mass is 32.1. The first-order valence-corrected chi connectivity index (χ1v) is 12.4. The summed E-state index contributed by atoms with van der Waals surface area (Å²) in [5.41, 5.74) is 3.02. The number of para-hydroxylation sites is 2. The molecule has 176 valence electrons. The maximum absolute atomic E-state index is 13.4. The van der Waals surface area contributed by atoms with Crippen LogP contribution >= 0.6 is 11.3 Å². The smallest absolute Gasteiger partial charge is 0.271 e. The predicted molar refractivity (Wildman–Crippen MR) is 141 cm³/mol. The third-order valence-corrected chi connectivity index (χ3v) is 6.81. The van der Waals surface area contributed by atoms with Gasteiger partial charge >= 0.3 is 0 Å². The molecule has 1 aromatic heterocycles. The van der Waals surface area contributed by atoms with Crippen molar-refractivity contribution in [1.82, 2.24) is 4.90 Å². The van der Waals surface area contributed by atoms with E-state index in [4.69, 9.17) is 0 Å². The van der Waals surface area contributed by atoms with Crippen molar-refractivity contribution in [2.75, 3.05) is 4.90 Å². The first kappa shape index (κ1) is 24.2. The fourth-order valence-corrected chi connectivity index (χ4v) is 5.26. The van der Waals surface area contributed by atoms with Crippen molar-refractivity contribution in [1.29, 1.82) is 5.26 Å². The van der Waals surface area contributed by atoms with E-state index in [1.54, 1.807) is 25.2 Å². The Morgan fingerprint density at radius 3 is 1.91 bits per heavy atom. The summed E-state index contributed by atoms with van der Waals surface area (Å²) < 4.78 is 0. The molecule has 3 aromatic rings. The Kier molecular flexibility index (Phi) is 6.99. The highest BCUT2D eigenvalue weighted by Gasteiger charge is 2.39. The first-order chi connectivity index (χ1) is 16.8. The van der Waals surface area contributed by atoms with Crippen LogP contribution in [0, 0.1) is 17.2 Å². The summed E-state index contributed by atoms with van der Waals surface area (Å²) in [6.07, 6.45) is 1.82. The molecule has 1 aliphatic rings. The SMILES string of the molecule is CC(C)C1=C(C#N)C(=O)N(C(C)C)C(=O)/C1=C/c1ccc(N(c2ccccc2)c2ccccc2)s1. The summed E-state index contributed by atoms with van der Waals surface area (Å²) in [5.74, 6) is -1.02. The van der Waals surface area contributed by atoms with E-state index in [2.05, 4.69) is 35.2 Å². The van der Waals surface area contributed by atoms with Gasteiger partial charge in [-0.2, -0.15) is 5.26 Å². The lowest BCUT2D eigenvalue weighted by Crippen LogP contribution is -2.47. The number of carbonyl (C=O) groups excluding carboxylic acids is 2. The third kappa shape index (κ3) is 4.68. The van der Waals surface area contributed by atoms with E-state index < -0.39 is 5.91 Å². The van der Waals surface area contributed by atoms with Gasteiger partial charge in [0.25, 0.3) is 11.8 Å². The summed E-state index contributed by atoms with van der Waals surface area (Å²) in [4.78, 5) is 30.6. The monoisotopic (exact) mass is 481 g/mol. The van der Waals surface area contributed by atoms with Gasteiger partial charge in [-0.1, -0.05) is 50.2 Å². The molecule has 4 rings (SSSR count). The Balaban J connectivity index is 1.83. The Morgan fingerprint density at radius 2 is 1.43 bits per heavy atom. The van der Waals surface area contributed by atoms with Crippen molar-refractivity contribution in [3.63, 3.8) is 0 Å². The number of amides is 2. The number of thiophene rings is 1. The molecule has 5 nitrogen and oxygen atoms in total. The largest absolute Gasteiger partial charge is 0.302 e. The molecule has 0 saturated carbocycles. The van der Waals surface area contributed by atoms with Crippen LogP contribution in [-0.4, -0.2) is 22.8 Å². The summed E-state index contributed by atoms with van der Waals surface area (Å²) in [6.45, 7) is 7.37. The number of hydrogen-bond donors (Lipinski definition) is 0. The van der Waals surface area contributed by atoms with Crippen molar-refractivity contribution >= 4 is 45.6 Å². The first-order valence-electron chi connectivity index (χ1n) is 11.6. The molecular weight excluding hydrogens is 454 g/mol. The molecule has 0 aliphatic carbocycles. The topological polar surface area (TPSA) is 64.4 Å². The molecule has 0 N–H and O–H groups in total. The van der Waals surface area contributed by atoms with E-state index in [1.165, 1.54) is 4.90 Å². The Hall–Kier alpha value is -3.95. The zero-order chi connectivity index (χ0) is 25.1. The lowest BCUT2D eigenvalue weighted by molar-refractivity contribution is -0.142. The van der Waals surface area contributed by atoms with Gasteiger partial charge in [0.15, 0.2) is 0 Å². The average molecular weight is 482 g/mol. The number of benzene rings is 2. The zero-order valence-electron chi connectivity index (χ0n) is 20.2. The second kappa shape index (κ2) is 10.1. The highest BCUT2D eigenvalue weighted by molar-refractivity contribution is 7.17. The minimum Gasteiger partial charge on any atom is -0.302 e. The van der Waals surface area contributed by atoms with Gasteiger partial charge in [0.1, 0.15) is 16.6 Å². The maximum atomic E-state index is 13.4. The van der Waals surface area contributed by atoms with E-state index in [9.17, 15) is 14.9 Å². The summed E-state index contributed by atoms with van der Waals surface area (Å²) in [6, 6.07) is 25.9. The van der Waals surface area contributed by atoms with Gasteiger partial charge in [-0.15, -0.1) is 11.3 Å². The normalized spacial score (nSPS) is 15.3. The van der Waals surface area contributed by atoms with Crippen molar-refractivity contribution < 1.29 is 9.59 Å². The average Bonchev–Trinajstić information content (AvgIpc) is 3.29. The molecule has 0 unspecified atom stereocenters. The number of rotatable bonds is 6. The van der Waals surface area contributed by atoms with Crippen molar-refractivity contribution in [2.24, 2.45) is 5.92 Å². The fourth-order valence-electron chi connectivity index (χ4n) is 4.26. The third-order valence-electron chi connectivity index (χ3n) is 5.80. The van der Waals surface area contributed by atoms with E-state index in [-0.39, 0.29) is 23.4 Å². The molecule has 0 fully saturated rings. The van der Waals surface area contributed by atoms with Gasteiger partial charge in [0, 0.05) is 27.9 Å². The minimum absolute atomic E-state index is 0.0477. The Bertz CT molecular complexity index is 1310. The van der Waals surface area contributed by atoms with Gasteiger partial charge in [0.2, 0.25) is 0 Å². The minimum atomic E-state index is -0.514. The molecule has 0 atom stereocenters. The summed E-state index contributed by atoms with van der Waals surface area (Å²) >= 11 is 1.55. The quantitative estimate of drug-likeness (QED) is 0.285. The molecule has 2 amide bonds.